The first-order valence-corrected chi connectivity index (χ1v) is 8.86. The standard InChI is InChI=1S/C15H24N2O2S/c1-3-7-13-10-11-17(12-13)20(18,19)15-9-6-5-8-14(15)16-4-2/h5-6,8-9,13,16H,3-4,7,10-12H2,1-2H3. The number of sulfonamides is 1. The number of rotatable bonds is 6. The Hall–Kier alpha value is -1.07. The third kappa shape index (κ3) is 3.15. The highest BCUT2D eigenvalue weighted by Crippen LogP contribution is 2.30. The van der Waals surface area contributed by atoms with Gasteiger partial charge >= 0.3 is 0 Å². The van der Waals surface area contributed by atoms with Crippen molar-refractivity contribution in [3.8, 4) is 0 Å². The maximum Gasteiger partial charge on any atom is 0.245 e. The molecule has 0 aliphatic carbocycles. The molecule has 0 spiro atoms. The number of nitrogens with zero attached hydrogens (tertiary/aromatic N) is 1. The van der Waals surface area contributed by atoms with Crippen LogP contribution in [0.3, 0.4) is 0 Å². The highest BCUT2D eigenvalue weighted by molar-refractivity contribution is 7.89. The third-order valence-electron chi connectivity index (χ3n) is 3.82. The molecule has 1 saturated heterocycles. The van der Waals surface area contributed by atoms with Gasteiger partial charge in [-0.25, -0.2) is 8.42 Å². The Morgan fingerprint density at radius 2 is 2.05 bits per heavy atom. The molecule has 0 amide bonds. The van der Waals surface area contributed by atoms with E-state index in [1.165, 1.54) is 0 Å². The largest absolute Gasteiger partial charge is 0.384 e. The summed E-state index contributed by atoms with van der Waals surface area (Å²) in [6.45, 7) is 6.14. The molecule has 0 bridgehead atoms. The Bertz CT molecular complexity index is 543. The molecule has 1 aliphatic rings. The van der Waals surface area contributed by atoms with Crippen LogP contribution < -0.4 is 5.32 Å². The van der Waals surface area contributed by atoms with E-state index in [1.807, 2.05) is 19.1 Å². The van der Waals surface area contributed by atoms with E-state index >= 15 is 0 Å². The molecule has 2 rings (SSSR count). The van der Waals surface area contributed by atoms with Gasteiger partial charge in [0.25, 0.3) is 0 Å². The van der Waals surface area contributed by atoms with E-state index in [2.05, 4.69) is 12.2 Å². The van der Waals surface area contributed by atoms with Crippen LogP contribution in [0.25, 0.3) is 0 Å². The normalized spacial score (nSPS) is 20.2. The molecular formula is C15H24N2O2S. The summed E-state index contributed by atoms with van der Waals surface area (Å²) in [4.78, 5) is 0.402. The first-order chi connectivity index (χ1) is 9.59. The molecule has 112 valence electrons. The molecule has 1 aromatic rings. The molecule has 1 aliphatic heterocycles. The van der Waals surface area contributed by atoms with E-state index in [0.717, 1.165) is 19.3 Å². The van der Waals surface area contributed by atoms with Crippen LogP contribution in [0, 0.1) is 5.92 Å². The summed E-state index contributed by atoms with van der Waals surface area (Å²) < 4.78 is 27.2. The fourth-order valence-corrected chi connectivity index (χ4v) is 4.53. The topological polar surface area (TPSA) is 49.4 Å². The molecule has 0 saturated carbocycles. The van der Waals surface area contributed by atoms with Gasteiger partial charge in [-0.1, -0.05) is 25.5 Å². The van der Waals surface area contributed by atoms with Crippen LogP contribution in [0.4, 0.5) is 5.69 Å². The number of benzene rings is 1. The van der Waals surface area contributed by atoms with Crippen molar-refractivity contribution in [2.45, 2.75) is 38.0 Å². The van der Waals surface area contributed by atoms with E-state index in [1.54, 1.807) is 16.4 Å². The van der Waals surface area contributed by atoms with Crippen LogP contribution >= 0.6 is 0 Å². The highest BCUT2D eigenvalue weighted by atomic mass is 32.2. The minimum Gasteiger partial charge on any atom is -0.384 e. The maximum atomic E-state index is 12.8. The Morgan fingerprint density at radius 1 is 1.30 bits per heavy atom. The quantitative estimate of drug-likeness (QED) is 0.878. The number of hydrogen-bond acceptors (Lipinski definition) is 3. The summed E-state index contributed by atoms with van der Waals surface area (Å²) in [6.07, 6.45) is 3.21. The van der Waals surface area contributed by atoms with Crippen molar-refractivity contribution < 1.29 is 8.42 Å². The molecule has 1 heterocycles. The van der Waals surface area contributed by atoms with E-state index < -0.39 is 10.0 Å². The van der Waals surface area contributed by atoms with Crippen LogP contribution in [-0.2, 0) is 10.0 Å². The Morgan fingerprint density at radius 3 is 2.75 bits per heavy atom. The van der Waals surface area contributed by atoms with Gasteiger partial charge in [0.2, 0.25) is 10.0 Å². The van der Waals surface area contributed by atoms with Crippen molar-refractivity contribution in [1.82, 2.24) is 4.31 Å². The zero-order chi connectivity index (χ0) is 14.6. The number of nitrogens with one attached hydrogen (secondary N) is 1. The van der Waals surface area contributed by atoms with E-state index in [4.69, 9.17) is 0 Å². The van der Waals surface area contributed by atoms with E-state index in [-0.39, 0.29) is 0 Å². The molecule has 0 aromatic heterocycles. The minimum absolute atomic E-state index is 0.402. The Labute approximate surface area is 122 Å². The van der Waals surface area contributed by atoms with Gasteiger partial charge in [-0.3, -0.25) is 0 Å². The lowest BCUT2D eigenvalue weighted by atomic mass is 10.0. The van der Waals surface area contributed by atoms with Gasteiger partial charge in [0.1, 0.15) is 4.90 Å². The van der Waals surface area contributed by atoms with Gasteiger partial charge in [-0.15, -0.1) is 0 Å². The van der Waals surface area contributed by atoms with Crippen LogP contribution in [0.15, 0.2) is 29.2 Å². The molecule has 4 nitrogen and oxygen atoms in total. The molecule has 1 N–H and O–H groups in total. The van der Waals surface area contributed by atoms with Gasteiger partial charge in [0, 0.05) is 19.6 Å². The lowest BCUT2D eigenvalue weighted by Crippen LogP contribution is -2.29. The highest BCUT2D eigenvalue weighted by Gasteiger charge is 2.33. The van der Waals surface area contributed by atoms with Gasteiger partial charge < -0.3 is 5.32 Å². The SMILES string of the molecule is CCCC1CCN(S(=O)(=O)c2ccccc2NCC)C1. The first-order valence-electron chi connectivity index (χ1n) is 7.42. The lowest BCUT2D eigenvalue weighted by molar-refractivity contribution is 0.445. The van der Waals surface area contributed by atoms with Crippen molar-refractivity contribution in [3.05, 3.63) is 24.3 Å². The summed E-state index contributed by atoms with van der Waals surface area (Å²) in [6, 6.07) is 7.17. The molecule has 20 heavy (non-hydrogen) atoms. The van der Waals surface area contributed by atoms with Crippen LogP contribution in [0.1, 0.15) is 33.1 Å². The summed E-state index contributed by atoms with van der Waals surface area (Å²) >= 11 is 0. The van der Waals surface area contributed by atoms with Crippen molar-refractivity contribution in [3.63, 3.8) is 0 Å². The molecule has 5 heteroatoms. The Balaban J connectivity index is 2.23. The fraction of sp³-hybridized carbons (Fsp3) is 0.600. The fourth-order valence-electron chi connectivity index (χ4n) is 2.83. The second kappa shape index (κ2) is 6.59. The maximum absolute atomic E-state index is 12.8. The zero-order valence-corrected chi connectivity index (χ0v) is 13.1. The molecule has 1 aromatic carbocycles. The number of para-hydroxylation sites is 1. The van der Waals surface area contributed by atoms with Gasteiger partial charge in [-0.2, -0.15) is 4.31 Å². The molecule has 0 radical (unpaired) electrons. The smallest absolute Gasteiger partial charge is 0.245 e. The van der Waals surface area contributed by atoms with Crippen LogP contribution in [0.5, 0.6) is 0 Å². The summed E-state index contributed by atoms with van der Waals surface area (Å²) in [5.41, 5.74) is 0.703. The minimum atomic E-state index is -3.37. The summed E-state index contributed by atoms with van der Waals surface area (Å²) in [5.74, 6) is 0.515. The first kappa shape index (κ1) is 15.3. The van der Waals surface area contributed by atoms with E-state index in [9.17, 15) is 8.42 Å². The molecule has 1 atom stereocenters. The van der Waals surface area contributed by atoms with Crippen molar-refractivity contribution >= 4 is 15.7 Å². The zero-order valence-electron chi connectivity index (χ0n) is 12.3. The van der Waals surface area contributed by atoms with Crippen LogP contribution in [-0.4, -0.2) is 32.4 Å². The molecular weight excluding hydrogens is 272 g/mol. The summed E-state index contributed by atoms with van der Waals surface area (Å²) in [5, 5.41) is 3.14. The van der Waals surface area contributed by atoms with Gasteiger partial charge in [0.15, 0.2) is 0 Å². The predicted molar refractivity (Wildman–Crippen MR) is 82.4 cm³/mol. The van der Waals surface area contributed by atoms with E-state index in [0.29, 0.717) is 36.1 Å². The van der Waals surface area contributed by atoms with Crippen molar-refractivity contribution in [1.29, 1.82) is 0 Å². The van der Waals surface area contributed by atoms with Gasteiger partial charge in [-0.05, 0) is 37.8 Å². The van der Waals surface area contributed by atoms with Crippen molar-refractivity contribution in [2.24, 2.45) is 5.92 Å². The Kier molecular flexibility index (Phi) is 5.05. The number of anilines is 1. The van der Waals surface area contributed by atoms with Gasteiger partial charge in [0.05, 0.1) is 5.69 Å². The second-order valence-corrected chi connectivity index (χ2v) is 7.24. The molecule has 1 fully saturated rings. The van der Waals surface area contributed by atoms with Crippen molar-refractivity contribution in [2.75, 3.05) is 25.0 Å². The monoisotopic (exact) mass is 296 g/mol. The predicted octanol–water partition coefficient (Wildman–Crippen LogP) is 2.93. The lowest BCUT2D eigenvalue weighted by Gasteiger charge is -2.19. The average molecular weight is 296 g/mol. The van der Waals surface area contributed by atoms with Crippen LogP contribution in [0.2, 0.25) is 0 Å². The summed E-state index contributed by atoms with van der Waals surface area (Å²) in [7, 11) is -3.37. The average Bonchev–Trinajstić information content (AvgIpc) is 2.89. The second-order valence-electron chi connectivity index (χ2n) is 5.33. The third-order valence-corrected chi connectivity index (χ3v) is 5.74. The number of hydrogen-bond donors (Lipinski definition) is 1. The molecule has 1 unspecified atom stereocenters.